The number of carbonyl (C=O) groups excluding carboxylic acids is 1. The van der Waals surface area contributed by atoms with E-state index in [1.165, 1.54) is 55.5 Å². The quantitative estimate of drug-likeness (QED) is 0.255. The lowest BCUT2D eigenvalue weighted by Gasteiger charge is -2.21. The minimum atomic E-state index is -4.77. The molecule has 0 saturated carbocycles. The highest BCUT2D eigenvalue weighted by atomic mass is 35.5. The third-order valence-electron chi connectivity index (χ3n) is 3.52. The number of alkyl halides is 4. The standard InChI is InChI=1S/C18H15ClF3NO6/c1-11(17(24)29-16(10-19)18(20,21)22)27-13-6-8-15(9-7-13)28-14-4-2-12(3-5-14)23(25)26/h2-9,11,16H,10H2,1H3. The van der Waals surface area contributed by atoms with E-state index in [4.69, 9.17) is 21.1 Å². The van der Waals surface area contributed by atoms with Crippen molar-refractivity contribution < 1.29 is 37.1 Å². The Morgan fingerprint density at radius 2 is 1.55 bits per heavy atom. The van der Waals surface area contributed by atoms with Crippen molar-refractivity contribution >= 4 is 23.3 Å². The smallest absolute Gasteiger partial charge is 0.426 e. The predicted molar refractivity (Wildman–Crippen MR) is 96.4 cm³/mol. The summed E-state index contributed by atoms with van der Waals surface area (Å²) in [7, 11) is 0. The number of hydrogen-bond acceptors (Lipinski definition) is 6. The number of benzene rings is 2. The molecule has 0 radical (unpaired) electrons. The Kier molecular flexibility index (Phi) is 7.27. The summed E-state index contributed by atoms with van der Waals surface area (Å²) in [5.74, 6) is -1.20. The summed E-state index contributed by atoms with van der Waals surface area (Å²) < 4.78 is 52.9. The first-order chi connectivity index (χ1) is 13.6. The molecule has 2 aromatic carbocycles. The molecule has 0 aliphatic carbocycles. The summed E-state index contributed by atoms with van der Waals surface area (Å²) in [4.78, 5) is 21.9. The lowest BCUT2D eigenvalue weighted by molar-refractivity contribution is -0.384. The van der Waals surface area contributed by atoms with Crippen LogP contribution in [0.5, 0.6) is 17.2 Å². The monoisotopic (exact) mass is 433 g/mol. The SMILES string of the molecule is CC(Oc1ccc(Oc2ccc([N+](=O)[O-])cc2)cc1)C(=O)OC(CCl)C(F)(F)F. The summed E-state index contributed by atoms with van der Waals surface area (Å²) >= 11 is 5.18. The van der Waals surface area contributed by atoms with Crippen LogP contribution in [0.4, 0.5) is 18.9 Å². The van der Waals surface area contributed by atoms with Crippen LogP contribution in [0.15, 0.2) is 48.5 Å². The molecule has 0 amide bonds. The average molecular weight is 434 g/mol. The number of nitrogens with zero attached hydrogens (tertiary/aromatic N) is 1. The molecule has 0 heterocycles. The van der Waals surface area contributed by atoms with Gasteiger partial charge in [0.1, 0.15) is 17.2 Å². The van der Waals surface area contributed by atoms with Gasteiger partial charge in [0.25, 0.3) is 5.69 Å². The van der Waals surface area contributed by atoms with Gasteiger partial charge in [0.15, 0.2) is 6.10 Å². The number of esters is 1. The maximum Gasteiger partial charge on any atom is 0.426 e. The van der Waals surface area contributed by atoms with Crippen LogP contribution in [-0.4, -0.2) is 35.2 Å². The first-order valence-electron chi connectivity index (χ1n) is 8.12. The number of nitro benzene ring substituents is 1. The van der Waals surface area contributed by atoms with Crippen LogP contribution in [-0.2, 0) is 9.53 Å². The molecule has 0 aliphatic rings. The molecule has 0 spiro atoms. The van der Waals surface area contributed by atoms with Gasteiger partial charge in [-0.1, -0.05) is 0 Å². The highest BCUT2D eigenvalue weighted by molar-refractivity contribution is 6.18. The molecule has 11 heteroatoms. The first-order valence-corrected chi connectivity index (χ1v) is 8.66. The second-order valence-corrected chi connectivity index (χ2v) is 6.01. The molecule has 156 valence electrons. The lowest BCUT2D eigenvalue weighted by atomic mass is 10.3. The topological polar surface area (TPSA) is 87.9 Å². The highest BCUT2D eigenvalue weighted by Gasteiger charge is 2.43. The molecule has 0 bridgehead atoms. The molecule has 2 aromatic rings. The van der Waals surface area contributed by atoms with Crippen LogP contribution >= 0.6 is 11.6 Å². The van der Waals surface area contributed by atoms with E-state index in [9.17, 15) is 28.1 Å². The van der Waals surface area contributed by atoms with Gasteiger partial charge < -0.3 is 14.2 Å². The van der Waals surface area contributed by atoms with Gasteiger partial charge in [0.05, 0.1) is 10.8 Å². The Bertz CT molecular complexity index is 842. The number of nitro groups is 1. The number of non-ortho nitro benzene ring substituents is 1. The minimum Gasteiger partial charge on any atom is -0.479 e. The van der Waals surface area contributed by atoms with E-state index in [1.54, 1.807) is 0 Å². The Hall–Kier alpha value is -3.01. The van der Waals surface area contributed by atoms with Gasteiger partial charge in [-0.15, -0.1) is 11.6 Å². The summed E-state index contributed by atoms with van der Waals surface area (Å²) in [6, 6.07) is 11.3. The van der Waals surface area contributed by atoms with Crippen molar-refractivity contribution in [1.29, 1.82) is 0 Å². The van der Waals surface area contributed by atoms with Crippen molar-refractivity contribution in [1.82, 2.24) is 0 Å². The van der Waals surface area contributed by atoms with Crippen molar-refractivity contribution in [2.75, 3.05) is 5.88 Å². The van der Waals surface area contributed by atoms with E-state index in [0.717, 1.165) is 0 Å². The molecular formula is C18H15ClF3NO6. The zero-order valence-electron chi connectivity index (χ0n) is 14.9. The second kappa shape index (κ2) is 9.46. The van der Waals surface area contributed by atoms with Gasteiger partial charge >= 0.3 is 12.1 Å². The maximum absolute atomic E-state index is 12.6. The molecule has 2 atom stereocenters. The van der Waals surface area contributed by atoms with Crippen molar-refractivity contribution in [2.24, 2.45) is 0 Å². The van der Waals surface area contributed by atoms with Crippen molar-refractivity contribution in [2.45, 2.75) is 25.3 Å². The summed E-state index contributed by atoms with van der Waals surface area (Å²) in [5.41, 5.74) is -0.0797. The lowest BCUT2D eigenvalue weighted by Crippen LogP contribution is -2.39. The van der Waals surface area contributed by atoms with E-state index >= 15 is 0 Å². The van der Waals surface area contributed by atoms with Crippen molar-refractivity contribution in [3.05, 3.63) is 58.6 Å². The van der Waals surface area contributed by atoms with Crippen LogP contribution in [0.1, 0.15) is 6.92 Å². The van der Waals surface area contributed by atoms with Gasteiger partial charge in [-0.2, -0.15) is 13.2 Å². The van der Waals surface area contributed by atoms with Gasteiger partial charge in [0.2, 0.25) is 6.10 Å². The van der Waals surface area contributed by atoms with E-state index in [2.05, 4.69) is 4.74 Å². The third-order valence-corrected chi connectivity index (χ3v) is 3.80. The number of hydrogen-bond donors (Lipinski definition) is 0. The zero-order chi connectivity index (χ0) is 21.6. The highest BCUT2D eigenvalue weighted by Crippen LogP contribution is 2.27. The van der Waals surface area contributed by atoms with Gasteiger partial charge in [-0.3, -0.25) is 10.1 Å². The maximum atomic E-state index is 12.6. The van der Waals surface area contributed by atoms with Gasteiger partial charge in [0, 0.05) is 12.1 Å². The third kappa shape index (κ3) is 6.53. The summed E-state index contributed by atoms with van der Waals surface area (Å²) in [6.07, 6.45) is -8.49. The largest absolute Gasteiger partial charge is 0.479 e. The molecule has 7 nitrogen and oxygen atoms in total. The number of halogens is 4. The van der Waals surface area contributed by atoms with Gasteiger partial charge in [-0.05, 0) is 43.3 Å². The Morgan fingerprint density at radius 1 is 1.07 bits per heavy atom. The molecule has 0 aliphatic heterocycles. The fourth-order valence-electron chi connectivity index (χ4n) is 2.03. The number of ether oxygens (including phenoxy) is 3. The minimum absolute atomic E-state index is 0.0797. The van der Waals surface area contributed by atoms with E-state index in [-0.39, 0.29) is 11.4 Å². The average Bonchev–Trinajstić information content (AvgIpc) is 2.66. The predicted octanol–water partition coefficient (Wildman–Crippen LogP) is 4.87. The summed E-state index contributed by atoms with van der Waals surface area (Å²) in [5, 5.41) is 10.6. The molecule has 29 heavy (non-hydrogen) atoms. The molecule has 0 fully saturated rings. The van der Waals surface area contributed by atoms with Crippen LogP contribution in [0.2, 0.25) is 0 Å². The molecule has 0 saturated heterocycles. The van der Waals surface area contributed by atoms with Crippen LogP contribution in [0, 0.1) is 10.1 Å². The van der Waals surface area contributed by atoms with Gasteiger partial charge in [-0.25, -0.2) is 4.79 Å². The molecule has 2 unspecified atom stereocenters. The number of rotatable bonds is 8. The fraction of sp³-hybridized carbons (Fsp3) is 0.278. The normalized spacial score (nSPS) is 13.3. The van der Waals surface area contributed by atoms with Crippen LogP contribution < -0.4 is 9.47 Å². The molecule has 2 rings (SSSR count). The second-order valence-electron chi connectivity index (χ2n) is 5.71. The fourth-order valence-corrected chi connectivity index (χ4v) is 2.27. The molecule has 0 N–H and O–H groups in total. The van der Waals surface area contributed by atoms with E-state index in [1.807, 2.05) is 0 Å². The van der Waals surface area contributed by atoms with Crippen molar-refractivity contribution in [3.63, 3.8) is 0 Å². The van der Waals surface area contributed by atoms with Crippen LogP contribution in [0.25, 0.3) is 0 Å². The van der Waals surface area contributed by atoms with E-state index < -0.39 is 35.2 Å². The number of carbonyl (C=O) groups is 1. The Morgan fingerprint density at radius 3 is 2.00 bits per heavy atom. The molecular weight excluding hydrogens is 419 g/mol. The Labute approximate surface area is 168 Å². The summed E-state index contributed by atoms with van der Waals surface area (Å²) in [6.45, 7) is 1.24. The van der Waals surface area contributed by atoms with E-state index in [0.29, 0.717) is 11.5 Å². The Balaban J connectivity index is 1.94. The zero-order valence-corrected chi connectivity index (χ0v) is 15.6. The van der Waals surface area contributed by atoms with Crippen molar-refractivity contribution in [3.8, 4) is 17.2 Å². The first kappa shape index (κ1) is 22.3. The molecule has 0 aromatic heterocycles. The van der Waals surface area contributed by atoms with Crippen LogP contribution in [0.3, 0.4) is 0 Å².